The van der Waals surface area contributed by atoms with Crippen LogP contribution in [0, 0.1) is 6.92 Å². The number of nitrogens with zero attached hydrogens (tertiary/aromatic N) is 1. The predicted octanol–water partition coefficient (Wildman–Crippen LogP) is 2.38. The van der Waals surface area contributed by atoms with E-state index in [2.05, 4.69) is 48.3 Å². The van der Waals surface area contributed by atoms with E-state index in [1.807, 2.05) is 11.8 Å². The summed E-state index contributed by atoms with van der Waals surface area (Å²) in [7, 11) is 0. The van der Waals surface area contributed by atoms with E-state index in [-0.39, 0.29) is 0 Å². The van der Waals surface area contributed by atoms with Crippen LogP contribution < -0.4 is 5.32 Å². The molecule has 0 amide bonds. The van der Waals surface area contributed by atoms with Gasteiger partial charge >= 0.3 is 0 Å². The number of piperazine rings is 1. The third-order valence-electron chi connectivity index (χ3n) is 3.05. The third-order valence-corrected chi connectivity index (χ3v) is 4.13. The minimum Gasteiger partial charge on any atom is -0.314 e. The summed E-state index contributed by atoms with van der Waals surface area (Å²) in [6.07, 6.45) is 0. The Bertz CT molecular complexity index is 348. The van der Waals surface area contributed by atoms with E-state index in [4.69, 9.17) is 0 Å². The van der Waals surface area contributed by atoms with Gasteiger partial charge in [-0.15, -0.1) is 11.8 Å². The van der Waals surface area contributed by atoms with Gasteiger partial charge in [-0.1, -0.05) is 24.6 Å². The highest BCUT2D eigenvalue weighted by molar-refractivity contribution is 8.00. The molecular weight excluding hydrogens is 228 g/mol. The summed E-state index contributed by atoms with van der Waals surface area (Å²) < 4.78 is 0. The molecule has 2 nitrogen and oxygen atoms in total. The van der Waals surface area contributed by atoms with Gasteiger partial charge in [0, 0.05) is 42.9 Å². The number of thioether (sulfide) groups is 1. The molecular formula is C14H22N2S. The maximum atomic E-state index is 3.40. The molecule has 1 aromatic rings. The van der Waals surface area contributed by atoms with E-state index < -0.39 is 0 Å². The average Bonchev–Trinajstić information content (AvgIpc) is 2.30. The Kier molecular flexibility index (Phi) is 4.89. The van der Waals surface area contributed by atoms with Crippen molar-refractivity contribution in [3.63, 3.8) is 0 Å². The molecule has 1 aliphatic heterocycles. The minimum absolute atomic E-state index is 0.662. The van der Waals surface area contributed by atoms with Gasteiger partial charge in [-0.3, -0.25) is 4.90 Å². The molecule has 0 bridgehead atoms. The van der Waals surface area contributed by atoms with E-state index >= 15 is 0 Å². The second-order valence-electron chi connectivity index (χ2n) is 4.80. The highest BCUT2D eigenvalue weighted by Crippen LogP contribution is 2.24. The van der Waals surface area contributed by atoms with E-state index in [0.29, 0.717) is 5.25 Å². The Labute approximate surface area is 109 Å². The Morgan fingerprint density at radius 1 is 1.35 bits per heavy atom. The summed E-state index contributed by atoms with van der Waals surface area (Å²) >= 11 is 1.99. The van der Waals surface area contributed by atoms with Crippen LogP contribution in [0.3, 0.4) is 0 Å². The van der Waals surface area contributed by atoms with Gasteiger partial charge in [0.15, 0.2) is 0 Å². The molecule has 1 aromatic carbocycles. The van der Waals surface area contributed by atoms with Crippen molar-refractivity contribution in [1.82, 2.24) is 10.2 Å². The van der Waals surface area contributed by atoms with Gasteiger partial charge in [-0.2, -0.15) is 0 Å². The van der Waals surface area contributed by atoms with Crippen LogP contribution in [-0.4, -0.2) is 42.9 Å². The lowest BCUT2D eigenvalue weighted by Crippen LogP contribution is -2.45. The van der Waals surface area contributed by atoms with Gasteiger partial charge in [-0.25, -0.2) is 0 Å². The first kappa shape index (κ1) is 12.9. The topological polar surface area (TPSA) is 15.3 Å². The van der Waals surface area contributed by atoms with Crippen molar-refractivity contribution >= 4 is 11.8 Å². The van der Waals surface area contributed by atoms with Crippen molar-refractivity contribution in [1.29, 1.82) is 0 Å². The van der Waals surface area contributed by atoms with Crippen LogP contribution in [0.25, 0.3) is 0 Å². The Hall–Kier alpha value is -0.510. The van der Waals surface area contributed by atoms with Crippen LogP contribution in [-0.2, 0) is 0 Å². The Morgan fingerprint density at radius 3 is 2.82 bits per heavy atom. The molecule has 0 radical (unpaired) electrons. The van der Waals surface area contributed by atoms with Gasteiger partial charge in [0.25, 0.3) is 0 Å². The number of rotatable bonds is 4. The molecule has 1 N–H and O–H groups in total. The van der Waals surface area contributed by atoms with Crippen LogP contribution in [0.15, 0.2) is 29.2 Å². The van der Waals surface area contributed by atoms with E-state index in [9.17, 15) is 0 Å². The number of nitrogens with one attached hydrogen (secondary N) is 1. The first-order valence-electron chi connectivity index (χ1n) is 6.40. The van der Waals surface area contributed by atoms with Gasteiger partial charge in [0.05, 0.1) is 0 Å². The summed E-state index contributed by atoms with van der Waals surface area (Å²) in [5.41, 5.74) is 1.35. The lowest BCUT2D eigenvalue weighted by Gasteiger charge is -2.29. The van der Waals surface area contributed by atoms with Crippen LogP contribution in [0.4, 0.5) is 0 Å². The molecule has 1 unspecified atom stereocenters. The maximum Gasteiger partial charge on any atom is 0.0194 e. The predicted molar refractivity (Wildman–Crippen MR) is 75.8 cm³/mol. The van der Waals surface area contributed by atoms with Gasteiger partial charge < -0.3 is 5.32 Å². The lowest BCUT2D eigenvalue weighted by atomic mass is 10.2. The van der Waals surface area contributed by atoms with Crippen molar-refractivity contribution in [2.24, 2.45) is 0 Å². The van der Waals surface area contributed by atoms with Crippen molar-refractivity contribution in [3.8, 4) is 0 Å². The minimum atomic E-state index is 0.662. The van der Waals surface area contributed by atoms with Crippen molar-refractivity contribution in [2.75, 3.05) is 32.7 Å². The summed E-state index contributed by atoms with van der Waals surface area (Å²) in [6, 6.07) is 8.80. The Balaban J connectivity index is 1.82. The first-order chi connectivity index (χ1) is 8.24. The molecule has 1 heterocycles. The van der Waals surface area contributed by atoms with Crippen LogP contribution >= 0.6 is 11.8 Å². The standard InChI is InChI=1S/C14H22N2S/c1-12-4-3-5-14(10-12)17-13(2)11-16-8-6-15-7-9-16/h3-5,10,13,15H,6-9,11H2,1-2H3. The van der Waals surface area contributed by atoms with E-state index in [0.717, 1.165) is 13.1 Å². The molecule has 1 saturated heterocycles. The first-order valence-corrected chi connectivity index (χ1v) is 7.28. The molecule has 0 saturated carbocycles. The van der Waals surface area contributed by atoms with Crippen LogP contribution in [0.1, 0.15) is 12.5 Å². The third kappa shape index (κ3) is 4.34. The average molecular weight is 250 g/mol. The molecule has 1 fully saturated rings. The zero-order valence-electron chi connectivity index (χ0n) is 10.8. The fourth-order valence-electron chi connectivity index (χ4n) is 2.22. The SMILES string of the molecule is Cc1cccc(SC(C)CN2CCNCC2)c1. The highest BCUT2D eigenvalue weighted by atomic mass is 32.2. The van der Waals surface area contributed by atoms with Gasteiger partial charge in [0.1, 0.15) is 0 Å². The second kappa shape index (κ2) is 6.43. The van der Waals surface area contributed by atoms with E-state index in [1.165, 1.54) is 30.1 Å². The second-order valence-corrected chi connectivity index (χ2v) is 6.31. The summed E-state index contributed by atoms with van der Waals surface area (Å²) in [5, 5.41) is 4.06. The van der Waals surface area contributed by atoms with Crippen LogP contribution in [0.5, 0.6) is 0 Å². The number of aryl methyl sites for hydroxylation is 1. The monoisotopic (exact) mass is 250 g/mol. The van der Waals surface area contributed by atoms with Gasteiger partial charge in [0.2, 0.25) is 0 Å². The maximum absolute atomic E-state index is 3.40. The molecule has 3 heteroatoms. The fourth-order valence-corrected chi connectivity index (χ4v) is 3.38. The van der Waals surface area contributed by atoms with E-state index in [1.54, 1.807) is 0 Å². The summed E-state index contributed by atoms with van der Waals surface area (Å²) in [5.74, 6) is 0. The molecule has 2 rings (SSSR count). The molecule has 94 valence electrons. The zero-order chi connectivity index (χ0) is 12.1. The lowest BCUT2D eigenvalue weighted by molar-refractivity contribution is 0.244. The molecule has 0 aromatic heterocycles. The molecule has 0 aliphatic carbocycles. The fraction of sp³-hybridized carbons (Fsp3) is 0.571. The van der Waals surface area contributed by atoms with Gasteiger partial charge in [-0.05, 0) is 19.1 Å². The Morgan fingerprint density at radius 2 is 2.12 bits per heavy atom. The van der Waals surface area contributed by atoms with Crippen molar-refractivity contribution in [2.45, 2.75) is 24.0 Å². The smallest absolute Gasteiger partial charge is 0.0194 e. The molecule has 17 heavy (non-hydrogen) atoms. The number of benzene rings is 1. The van der Waals surface area contributed by atoms with Crippen molar-refractivity contribution < 1.29 is 0 Å². The normalized spacial score (nSPS) is 19.2. The number of hydrogen-bond donors (Lipinski definition) is 1. The quantitative estimate of drug-likeness (QED) is 0.826. The largest absolute Gasteiger partial charge is 0.314 e. The summed E-state index contributed by atoms with van der Waals surface area (Å²) in [6.45, 7) is 10.3. The number of hydrogen-bond acceptors (Lipinski definition) is 3. The molecule has 0 spiro atoms. The van der Waals surface area contributed by atoms with Crippen molar-refractivity contribution in [3.05, 3.63) is 29.8 Å². The van der Waals surface area contributed by atoms with Crippen LogP contribution in [0.2, 0.25) is 0 Å². The summed E-state index contributed by atoms with van der Waals surface area (Å²) in [4.78, 5) is 3.96. The zero-order valence-corrected chi connectivity index (χ0v) is 11.6. The molecule has 1 aliphatic rings. The highest BCUT2D eigenvalue weighted by Gasteiger charge is 2.13. The molecule has 1 atom stereocenters.